The third-order valence-corrected chi connectivity index (χ3v) is 6.80. The molecule has 30 heavy (non-hydrogen) atoms. The van der Waals surface area contributed by atoms with E-state index in [-0.39, 0.29) is 22.4 Å². The summed E-state index contributed by atoms with van der Waals surface area (Å²) in [5.74, 6) is -2.27. The molecule has 1 fully saturated rings. The van der Waals surface area contributed by atoms with Gasteiger partial charge in [0.05, 0.1) is 16.8 Å². The highest BCUT2D eigenvalue weighted by molar-refractivity contribution is 8.03. The summed E-state index contributed by atoms with van der Waals surface area (Å²) < 4.78 is 39.6. The van der Waals surface area contributed by atoms with Crippen LogP contribution in [0, 0.1) is 11.6 Å². The normalized spacial score (nSPS) is 22.3. The zero-order valence-electron chi connectivity index (χ0n) is 15.9. The fourth-order valence-corrected chi connectivity index (χ4v) is 5.50. The van der Waals surface area contributed by atoms with Crippen LogP contribution < -0.4 is 26.4 Å². The smallest absolute Gasteiger partial charge is 0.268 e. The molecule has 11 heteroatoms. The first-order chi connectivity index (χ1) is 14.5. The number of nitrogens with zero attached hydrogens (tertiary/aromatic N) is 2. The van der Waals surface area contributed by atoms with Crippen LogP contribution in [-0.2, 0) is 4.79 Å². The molecule has 7 nitrogen and oxygen atoms in total. The van der Waals surface area contributed by atoms with E-state index in [4.69, 9.17) is 16.2 Å². The van der Waals surface area contributed by atoms with Gasteiger partial charge in [-0.15, -0.1) is 0 Å². The maximum Gasteiger partial charge on any atom is 0.268 e. The molecule has 1 amide bonds. The minimum Gasteiger partial charge on any atom is -0.478 e. The van der Waals surface area contributed by atoms with Gasteiger partial charge in [0.25, 0.3) is 5.91 Å². The van der Waals surface area contributed by atoms with E-state index in [1.165, 1.54) is 17.2 Å². The summed E-state index contributed by atoms with van der Waals surface area (Å²) in [7, 11) is 0. The number of anilines is 1. The molecule has 0 bridgehead atoms. The van der Waals surface area contributed by atoms with E-state index in [9.17, 15) is 13.6 Å². The molecular weight excluding hydrogens is 432 g/mol. The molecular formula is C19H21F2N5O2S2. The van der Waals surface area contributed by atoms with Gasteiger partial charge in [-0.1, -0.05) is 17.8 Å². The Balaban J connectivity index is 1.74. The van der Waals surface area contributed by atoms with Crippen molar-refractivity contribution >= 4 is 34.9 Å². The van der Waals surface area contributed by atoms with Crippen molar-refractivity contribution < 1.29 is 18.3 Å². The van der Waals surface area contributed by atoms with Gasteiger partial charge in [-0.05, 0) is 44.5 Å². The highest BCUT2D eigenvalue weighted by Gasteiger charge is 2.41. The van der Waals surface area contributed by atoms with Crippen molar-refractivity contribution in [2.75, 3.05) is 18.0 Å². The molecule has 3 heterocycles. The summed E-state index contributed by atoms with van der Waals surface area (Å²) in [6.07, 6.45) is 4.13. The quantitative estimate of drug-likeness (QED) is 0.639. The largest absolute Gasteiger partial charge is 0.478 e. The van der Waals surface area contributed by atoms with E-state index in [1.54, 1.807) is 0 Å². The van der Waals surface area contributed by atoms with Crippen molar-refractivity contribution in [3.05, 3.63) is 52.3 Å². The first-order valence-corrected chi connectivity index (χ1v) is 11.1. The van der Waals surface area contributed by atoms with Gasteiger partial charge in [0.2, 0.25) is 5.06 Å². The van der Waals surface area contributed by atoms with Gasteiger partial charge >= 0.3 is 0 Å². The van der Waals surface area contributed by atoms with Crippen LogP contribution >= 0.6 is 23.3 Å². The lowest BCUT2D eigenvalue weighted by molar-refractivity contribution is -0.114. The number of thioether (sulfide) groups is 1. The molecule has 0 spiro atoms. The second kappa shape index (κ2) is 8.78. The van der Waals surface area contributed by atoms with Crippen LogP contribution in [0.25, 0.3) is 0 Å². The van der Waals surface area contributed by atoms with Crippen LogP contribution in [0.3, 0.4) is 0 Å². The van der Waals surface area contributed by atoms with E-state index < -0.39 is 22.9 Å². The first kappa shape index (κ1) is 20.9. The number of hydrogen-bond donors (Lipinski definition) is 3. The zero-order chi connectivity index (χ0) is 21.3. The molecule has 0 aliphatic carbocycles. The number of primary amides is 1. The second-order valence-corrected chi connectivity index (χ2v) is 8.86. The standard InChI is InChI=1S/C19H21F2N5O2S2/c20-11-4-1-5-12(21)14(11)18-26(15(16(22)27)17(23)29-18)13-9-25-30-19(13)28-10-3-2-7-24-8-6-10/h1,4-5,9-10,18,24H,2-3,6-8,23H2,(H2,22,27). The van der Waals surface area contributed by atoms with Crippen molar-refractivity contribution in [3.63, 3.8) is 0 Å². The predicted molar refractivity (Wildman–Crippen MR) is 113 cm³/mol. The van der Waals surface area contributed by atoms with Crippen LogP contribution in [-0.4, -0.2) is 29.5 Å². The van der Waals surface area contributed by atoms with E-state index in [2.05, 4.69) is 9.69 Å². The summed E-state index contributed by atoms with van der Waals surface area (Å²) in [4.78, 5) is 13.6. The van der Waals surface area contributed by atoms with Crippen LogP contribution in [0.15, 0.2) is 35.1 Å². The fraction of sp³-hybridized carbons (Fsp3) is 0.368. The molecule has 1 aromatic heterocycles. The Morgan fingerprint density at radius 1 is 1.27 bits per heavy atom. The monoisotopic (exact) mass is 453 g/mol. The van der Waals surface area contributed by atoms with Gasteiger partial charge in [-0.3, -0.25) is 4.79 Å². The number of carbonyl (C=O) groups is 1. The molecule has 2 aliphatic heterocycles. The summed E-state index contributed by atoms with van der Waals surface area (Å²) in [5.41, 5.74) is 11.8. The van der Waals surface area contributed by atoms with Gasteiger partial charge in [0.1, 0.15) is 34.5 Å². The molecule has 1 saturated heterocycles. The molecule has 0 radical (unpaired) electrons. The highest BCUT2D eigenvalue weighted by atomic mass is 32.2. The topological polar surface area (TPSA) is 106 Å². The number of nitrogens with one attached hydrogen (secondary N) is 1. The molecule has 0 saturated carbocycles. The Morgan fingerprint density at radius 3 is 2.77 bits per heavy atom. The minimum atomic E-state index is -0.955. The Morgan fingerprint density at radius 2 is 2.03 bits per heavy atom. The molecule has 4 rings (SSSR count). The van der Waals surface area contributed by atoms with E-state index in [0.29, 0.717) is 10.8 Å². The Kier molecular flexibility index (Phi) is 6.11. The van der Waals surface area contributed by atoms with E-state index in [0.717, 1.165) is 67.8 Å². The summed E-state index contributed by atoms with van der Waals surface area (Å²) in [6.45, 7) is 1.76. The number of rotatable bonds is 5. The molecule has 2 aliphatic rings. The third-order valence-electron chi connectivity index (χ3n) is 5.00. The number of hydrogen-bond acceptors (Lipinski definition) is 8. The number of aromatic nitrogens is 1. The van der Waals surface area contributed by atoms with Gasteiger partial charge in [0.15, 0.2) is 0 Å². The van der Waals surface area contributed by atoms with Crippen molar-refractivity contribution in [1.82, 2.24) is 9.69 Å². The minimum absolute atomic E-state index is 0.0276. The van der Waals surface area contributed by atoms with Gasteiger partial charge in [-0.2, -0.15) is 4.37 Å². The van der Waals surface area contributed by atoms with Gasteiger partial charge in [0, 0.05) is 11.5 Å². The Bertz CT molecular complexity index is 955. The van der Waals surface area contributed by atoms with Crippen LogP contribution in [0.2, 0.25) is 0 Å². The molecule has 2 aromatic rings. The molecule has 2 atom stereocenters. The lowest BCUT2D eigenvalue weighted by Crippen LogP contribution is -2.32. The summed E-state index contributed by atoms with van der Waals surface area (Å²) >= 11 is 2.07. The first-order valence-electron chi connectivity index (χ1n) is 9.48. The lowest BCUT2D eigenvalue weighted by Gasteiger charge is -2.28. The van der Waals surface area contributed by atoms with Crippen LogP contribution in [0.5, 0.6) is 5.06 Å². The van der Waals surface area contributed by atoms with Gasteiger partial charge in [-0.25, -0.2) is 8.78 Å². The van der Waals surface area contributed by atoms with Crippen molar-refractivity contribution in [2.45, 2.75) is 30.7 Å². The van der Waals surface area contributed by atoms with Crippen molar-refractivity contribution in [3.8, 4) is 5.06 Å². The Labute approximate surface area is 180 Å². The van der Waals surface area contributed by atoms with E-state index >= 15 is 0 Å². The maximum atomic E-state index is 14.6. The average Bonchev–Trinajstić information content (AvgIpc) is 3.17. The Hall–Kier alpha value is -2.37. The van der Waals surface area contributed by atoms with Crippen LogP contribution in [0.4, 0.5) is 14.5 Å². The zero-order valence-corrected chi connectivity index (χ0v) is 17.6. The third kappa shape index (κ3) is 3.96. The number of amides is 1. The number of carbonyl (C=O) groups excluding carboxylic acids is 1. The van der Waals surface area contributed by atoms with Crippen LogP contribution in [0.1, 0.15) is 30.2 Å². The highest BCUT2D eigenvalue weighted by Crippen LogP contribution is 2.52. The average molecular weight is 454 g/mol. The maximum absolute atomic E-state index is 14.6. The number of benzene rings is 1. The molecule has 2 unspecified atom stereocenters. The van der Waals surface area contributed by atoms with Crippen molar-refractivity contribution in [2.24, 2.45) is 11.5 Å². The summed E-state index contributed by atoms with van der Waals surface area (Å²) in [5, 5.41) is 2.91. The lowest BCUT2D eigenvalue weighted by atomic mass is 10.1. The molecule has 1 aromatic carbocycles. The van der Waals surface area contributed by atoms with Gasteiger partial charge < -0.3 is 26.4 Å². The number of halogens is 2. The fourth-order valence-electron chi connectivity index (χ4n) is 3.61. The summed E-state index contributed by atoms with van der Waals surface area (Å²) in [6, 6.07) is 3.61. The second-order valence-electron chi connectivity index (χ2n) is 6.97. The predicted octanol–water partition coefficient (Wildman–Crippen LogP) is 2.81. The number of nitrogens with two attached hydrogens (primary N) is 2. The van der Waals surface area contributed by atoms with E-state index in [1.807, 2.05) is 0 Å². The number of ether oxygens (including phenoxy) is 1. The van der Waals surface area contributed by atoms with Crippen molar-refractivity contribution in [1.29, 1.82) is 0 Å². The SMILES string of the molecule is NC(=O)C1=C(N)SC(c2c(F)cccc2F)N1c1cnsc1OC1CCCNCC1. The molecule has 160 valence electrons. The molecule has 5 N–H and O–H groups in total.